The maximum Gasteiger partial charge on any atom is 0.243 e. The van der Waals surface area contributed by atoms with Crippen molar-refractivity contribution < 1.29 is 13.2 Å². The third-order valence-electron chi connectivity index (χ3n) is 4.37. The third kappa shape index (κ3) is 5.70. The lowest BCUT2D eigenvalue weighted by Gasteiger charge is -2.22. The van der Waals surface area contributed by atoms with Crippen LogP contribution < -0.4 is 5.32 Å². The standard InChI is InChI=1S/C22H20BrClN2O3S/c1-16-9-11-19(12-10-16)30(28,29)26(14-17-5-4-6-18(24)13-17)15-22(27)25-21-8-3-2-7-20(21)23/h2-13H,14-15H2,1H3,(H,25,27). The molecular weight excluding hydrogens is 488 g/mol. The number of sulfonamides is 1. The highest BCUT2D eigenvalue weighted by Gasteiger charge is 2.27. The molecule has 0 aromatic heterocycles. The van der Waals surface area contributed by atoms with Gasteiger partial charge in [-0.1, -0.05) is 53.6 Å². The van der Waals surface area contributed by atoms with Crippen molar-refractivity contribution in [3.05, 3.63) is 93.4 Å². The number of aryl methyl sites for hydroxylation is 1. The van der Waals surface area contributed by atoms with Crippen molar-refractivity contribution in [1.82, 2.24) is 4.31 Å². The summed E-state index contributed by atoms with van der Waals surface area (Å²) in [6.07, 6.45) is 0. The van der Waals surface area contributed by atoms with Gasteiger partial charge < -0.3 is 5.32 Å². The van der Waals surface area contributed by atoms with Gasteiger partial charge in [-0.05, 0) is 64.8 Å². The Morgan fingerprint density at radius 1 is 1.03 bits per heavy atom. The van der Waals surface area contributed by atoms with Crippen LogP contribution in [0.1, 0.15) is 11.1 Å². The Bertz CT molecular complexity index is 1150. The summed E-state index contributed by atoms with van der Waals surface area (Å²) in [5.41, 5.74) is 2.20. The van der Waals surface area contributed by atoms with Gasteiger partial charge in [0.15, 0.2) is 0 Å². The van der Waals surface area contributed by atoms with Crippen LogP contribution in [0.4, 0.5) is 5.69 Å². The zero-order chi connectivity index (χ0) is 21.7. The monoisotopic (exact) mass is 506 g/mol. The first-order valence-electron chi connectivity index (χ1n) is 9.11. The molecule has 0 aliphatic heterocycles. The molecule has 5 nitrogen and oxygen atoms in total. The molecule has 0 fully saturated rings. The molecule has 8 heteroatoms. The SMILES string of the molecule is Cc1ccc(S(=O)(=O)N(CC(=O)Nc2ccccc2Br)Cc2cccc(Cl)c2)cc1. The van der Waals surface area contributed by atoms with E-state index in [4.69, 9.17) is 11.6 Å². The van der Waals surface area contributed by atoms with Gasteiger partial charge in [0.2, 0.25) is 15.9 Å². The lowest BCUT2D eigenvalue weighted by Crippen LogP contribution is -2.37. The van der Waals surface area contributed by atoms with Gasteiger partial charge in [0, 0.05) is 16.0 Å². The van der Waals surface area contributed by atoms with Crippen LogP contribution in [0.5, 0.6) is 0 Å². The molecule has 0 unspecified atom stereocenters. The highest BCUT2D eigenvalue weighted by atomic mass is 79.9. The Morgan fingerprint density at radius 3 is 2.40 bits per heavy atom. The van der Waals surface area contributed by atoms with E-state index in [1.165, 1.54) is 0 Å². The van der Waals surface area contributed by atoms with E-state index >= 15 is 0 Å². The van der Waals surface area contributed by atoms with Crippen LogP contribution in [-0.4, -0.2) is 25.2 Å². The summed E-state index contributed by atoms with van der Waals surface area (Å²) in [7, 11) is -3.91. The van der Waals surface area contributed by atoms with Crippen LogP contribution in [0.15, 0.2) is 82.2 Å². The van der Waals surface area contributed by atoms with E-state index in [-0.39, 0.29) is 18.0 Å². The number of carbonyl (C=O) groups is 1. The highest BCUT2D eigenvalue weighted by molar-refractivity contribution is 9.10. The van der Waals surface area contributed by atoms with Crippen molar-refractivity contribution in [2.75, 3.05) is 11.9 Å². The van der Waals surface area contributed by atoms with Crippen molar-refractivity contribution in [3.8, 4) is 0 Å². The average molecular weight is 508 g/mol. The number of anilines is 1. The van der Waals surface area contributed by atoms with Gasteiger partial charge in [0.05, 0.1) is 17.1 Å². The van der Waals surface area contributed by atoms with Crippen LogP contribution in [0, 0.1) is 6.92 Å². The zero-order valence-electron chi connectivity index (χ0n) is 16.2. The van der Waals surface area contributed by atoms with Crippen molar-refractivity contribution in [2.45, 2.75) is 18.4 Å². The summed E-state index contributed by atoms with van der Waals surface area (Å²) in [6.45, 7) is 1.55. The lowest BCUT2D eigenvalue weighted by atomic mass is 10.2. The average Bonchev–Trinajstić information content (AvgIpc) is 2.69. The predicted molar refractivity (Wildman–Crippen MR) is 123 cm³/mol. The minimum atomic E-state index is -3.91. The number of hydrogen-bond donors (Lipinski definition) is 1. The van der Waals surface area contributed by atoms with Crippen LogP contribution in [-0.2, 0) is 21.4 Å². The summed E-state index contributed by atoms with van der Waals surface area (Å²) in [5, 5.41) is 3.25. The summed E-state index contributed by atoms with van der Waals surface area (Å²) in [4.78, 5) is 12.8. The van der Waals surface area contributed by atoms with Gasteiger partial charge in [0.1, 0.15) is 0 Å². The summed E-state index contributed by atoms with van der Waals surface area (Å²) >= 11 is 9.43. The second-order valence-corrected chi connectivity index (χ2v) is 9.97. The minimum absolute atomic E-state index is 0.0140. The van der Waals surface area contributed by atoms with Gasteiger partial charge >= 0.3 is 0 Å². The fraction of sp³-hybridized carbons (Fsp3) is 0.136. The number of nitrogens with zero attached hydrogens (tertiary/aromatic N) is 1. The molecule has 0 spiro atoms. The van der Waals surface area contributed by atoms with E-state index in [0.29, 0.717) is 20.7 Å². The summed E-state index contributed by atoms with van der Waals surface area (Å²) in [5.74, 6) is -0.445. The molecule has 0 saturated carbocycles. The molecule has 0 saturated heterocycles. The topological polar surface area (TPSA) is 66.5 Å². The number of para-hydroxylation sites is 1. The van der Waals surface area contributed by atoms with E-state index in [1.807, 2.05) is 13.0 Å². The van der Waals surface area contributed by atoms with Crippen LogP contribution in [0.3, 0.4) is 0 Å². The Kier molecular flexibility index (Phi) is 7.31. The molecule has 30 heavy (non-hydrogen) atoms. The molecule has 1 amide bonds. The molecule has 3 rings (SSSR count). The highest BCUT2D eigenvalue weighted by Crippen LogP contribution is 2.23. The second kappa shape index (κ2) is 9.75. The van der Waals surface area contributed by atoms with E-state index in [9.17, 15) is 13.2 Å². The van der Waals surface area contributed by atoms with Gasteiger partial charge in [-0.15, -0.1) is 0 Å². The summed E-state index contributed by atoms with van der Waals surface area (Å²) < 4.78 is 28.4. The molecule has 0 radical (unpaired) electrons. The minimum Gasteiger partial charge on any atom is -0.324 e. The quantitative estimate of drug-likeness (QED) is 0.475. The maximum absolute atomic E-state index is 13.3. The van der Waals surface area contributed by atoms with Crippen LogP contribution in [0.25, 0.3) is 0 Å². The summed E-state index contributed by atoms with van der Waals surface area (Å²) in [6, 6.07) is 20.6. The number of carbonyl (C=O) groups excluding carboxylic acids is 1. The number of benzene rings is 3. The molecule has 0 bridgehead atoms. The Morgan fingerprint density at radius 2 is 1.73 bits per heavy atom. The lowest BCUT2D eigenvalue weighted by molar-refractivity contribution is -0.116. The van der Waals surface area contributed by atoms with Gasteiger partial charge in [0.25, 0.3) is 0 Å². The van der Waals surface area contributed by atoms with E-state index in [2.05, 4.69) is 21.2 Å². The normalized spacial score (nSPS) is 11.5. The largest absolute Gasteiger partial charge is 0.324 e. The molecule has 0 heterocycles. The Balaban J connectivity index is 1.89. The number of rotatable bonds is 7. The third-order valence-corrected chi connectivity index (χ3v) is 7.11. The smallest absolute Gasteiger partial charge is 0.243 e. The maximum atomic E-state index is 13.3. The van der Waals surface area contributed by atoms with Crippen LogP contribution >= 0.6 is 27.5 Å². The zero-order valence-corrected chi connectivity index (χ0v) is 19.3. The molecular formula is C22H20BrClN2O3S. The second-order valence-electron chi connectivity index (χ2n) is 6.74. The van der Waals surface area contributed by atoms with E-state index < -0.39 is 15.9 Å². The van der Waals surface area contributed by atoms with Gasteiger partial charge in [-0.3, -0.25) is 4.79 Å². The predicted octanol–water partition coefficient (Wildman–Crippen LogP) is 5.24. The molecule has 0 aliphatic rings. The van der Waals surface area contributed by atoms with Crippen molar-refractivity contribution in [2.24, 2.45) is 0 Å². The number of hydrogen-bond acceptors (Lipinski definition) is 3. The molecule has 3 aromatic rings. The van der Waals surface area contributed by atoms with E-state index in [1.54, 1.807) is 66.7 Å². The first-order valence-corrected chi connectivity index (χ1v) is 11.7. The molecule has 3 aromatic carbocycles. The van der Waals surface area contributed by atoms with Crippen molar-refractivity contribution in [3.63, 3.8) is 0 Å². The van der Waals surface area contributed by atoms with E-state index in [0.717, 1.165) is 9.87 Å². The van der Waals surface area contributed by atoms with Gasteiger partial charge in [-0.25, -0.2) is 8.42 Å². The van der Waals surface area contributed by atoms with Gasteiger partial charge in [-0.2, -0.15) is 4.31 Å². The molecule has 0 aliphatic carbocycles. The molecule has 0 atom stereocenters. The Labute approximate surface area is 189 Å². The number of amides is 1. The molecule has 1 N–H and O–H groups in total. The Hall–Kier alpha value is -2.19. The fourth-order valence-corrected chi connectivity index (χ4v) is 4.82. The number of nitrogens with one attached hydrogen (secondary N) is 1. The number of halogens is 2. The fourth-order valence-electron chi connectivity index (χ4n) is 2.84. The van der Waals surface area contributed by atoms with Crippen molar-refractivity contribution >= 4 is 49.1 Å². The first-order chi connectivity index (χ1) is 14.3. The van der Waals surface area contributed by atoms with Crippen molar-refractivity contribution in [1.29, 1.82) is 0 Å². The molecule has 156 valence electrons. The first kappa shape index (κ1) is 22.5. The van der Waals surface area contributed by atoms with Crippen LogP contribution in [0.2, 0.25) is 5.02 Å².